The summed E-state index contributed by atoms with van der Waals surface area (Å²) in [4.78, 5) is 49.7. The second-order valence-electron chi connectivity index (χ2n) is 10.7. The standard InChI is InChI=1S/C33H38N2O8/c1-33(2,3)43-32(39)35-28(20-29(36)41-21-25-10-6-4-7-11-25)31(38)34-19-18-24-14-16-27(17-15-24)40-23-30(37)42-22-26-12-8-5-9-13-26/h4-17,28H,18-23H2,1-3H3,(H,34,38)(H,35,39)/t28-/m0/s1. The van der Waals surface area contributed by atoms with Crippen molar-refractivity contribution >= 4 is 23.9 Å². The van der Waals surface area contributed by atoms with Gasteiger partial charge in [0.15, 0.2) is 6.61 Å². The molecule has 0 aromatic heterocycles. The number of ether oxygens (including phenoxy) is 4. The van der Waals surface area contributed by atoms with Crippen LogP contribution in [0.3, 0.4) is 0 Å². The number of hydrogen-bond donors (Lipinski definition) is 2. The number of carbonyl (C=O) groups excluding carboxylic acids is 4. The number of rotatable bonds is 14. The molecule has 0 saturated heterocycles. The molecule has 0 spiro atoms. The molecule has 0 unspecified atom stereocenters. The van der Waals surface area contributed by atoms with E-state index < -0.39 is 35.6 Å². The minimum atomic E-state index is -1.18. The molecule has 1 atom stereocenters. The van der Waals surface area contributed by atoms with Gasteiger partial charge in [-0.3, -0.25) is 9.59 Å². The van der Waals surface area contributed by atoms with E-state index in [1.54, 1.807) is 32.9 Å². The van der Waals surface area contributed by atoms with Crippen molar-refractivity contribution in [3.05, 3.63) is 102 Å². The lowest BCUT2D eigenvalue weighted by Gasteiger charge is -2.23. The van der Waals surface area contributed by atoms with E-state index in [1.807, 2.05) is 72.8 Å². The van der Waals surface area contributed by atoms with E-state index in [1.165, 1.54) is 0 Å². The molecule has 0 bridgehead atoms. The quantitative estimate of drug-likeness (QED) is 0.208. The molecule has 0 radical (unpaired) electrons. The normalized spacial score (nSPS) is 11.5. The largest absolute Gasteiger partial charge is 0.482 e. The maximum atomic E-state index is 12.9. The fourth-order valence-electron chi connectivity index (χ4n) is 3.75. The summed E-state index contributed by atoms with van der Waals surface area (Å²) in [7, 11) is 0. The summed E-state index contributed by atoms with van der Waals surface area (Å²) >= 11 is 0. The lowest BCUT2D eigenvalue weighted by Crippen LogP contribution is -2.49. The third-order valence-electron chi connectivity index (χ3n) is 5.86. The van der Waals surface area contributed by atoms with Crippen LogP contribution >= 0.6 is 0 Å². The molecule has 0 aliphatic heterocycles. The third kappa shape index (κ3) is 13.1. The number of carbonyl (C=O) groups is 4. The molecule has 10 heteroatoms. The zero-order valence-electron chi connectivity index (χ0n) is 24.7. The molecule has 0 heterocycles. The molecular formula is C33H38N2O8. The fourth-order valence-corrected chi connectivity index (χ4v) is 3.75. The fraction of sp³-hybridized carbons (Fsp3) is 0.333. The third-order valence-corrected chi connectivity index (χ3v) is 5.86. The summed E-state index contributed by atoms with van der Waals surface area (Å²) in [5.41, 5.74) is 1.81. The predicted molar refractivity (Wildman–Crippen MR) is 159 cm³/mol. The van der Waals surface area contributed by atoms with Gasteiger partial charge < -0.3 is 29.6 Å². The lowest BCUT2D eigenvalue weighted by atomic mass is 10.1. The van der Waals surface area contributed by atoms with Gasteiger partial charge in [-0.15, -0.1) is 0 Å². The first-order valence-electron chi connectivity index (χ1n) is 14.0. The Morgan fingerprint density at radius 2 is 1.28 bits per heavy atom. The summed E-state index contributed by atoms with van der Waals surface area (Å²) < 4.78 is 21.3. The van der Waals surface area contributed by atoms with Crippen LogP contribution in [0.25, 0.3) is 0 Å². The summed E-state index contributed by atoms with van der Waals surface area (Å²) in [6, 6.07) is 24.4. The zero-order valence-corrected chi connectivity index (χ0v) is 24.7. The Kier molecular flexibility index (Phi) is 12.6. The number of amides is 2. The van der Waals surface area contributed by atoms with E-state index in [2.05, 4.69) is 10.6 Å². The average molecular weight is 591 g/mol. The average Bonchev–Trinajstić information content (AvgIpc) is 2.98. The van der Waals surface area contributed by atoms with Crippen LogP contribution in [0.5, 0.6) is 5.75 Å². The minimum absolute atomic E-state index is 0.0506. The summed E-state index contributed by atoms with van der Waals surface area (Å²) in [5.74, 6) is -1.16. The Bertz CT molecular complexity index is 1320. The van der Waals surface area contributed by atoms with Gasteiger partial charge in [0.05, 0.1) is 6.42 Å². The Hall–Kier alpha value is -4.86. The second kappa shape index (κ2) is 16.5. The zero-order chi connectivity index (χ0) is 31.1. The Balaban J connectivity index is 1.45. The summed E-state index contributed by atoms with van der Waals surface area (Å²) in [6.45, 7) is 5.35. The molecule has 0 aliphatic carbocycles. The molecule has 0 aliphatic rings. The van der Waals surface area contributed by atoms with E-state index in [-0.39, 0.29) is 32.8 Å². The molecular weight excluding hydrogens is 552 g/mol. The SMILES string of the molecule is CC(C)(C)OC(=O)N[C@@H](CC(=O)OCc1ccccc1)C(=O)NCCc1ccc(OCC(=O)OCc2ccccc2)cc1. The first kappa shape index (κ1) is 32.7. The van der Waals surface area contributed by atoms with Gasteiger partial charge in [0.2, 0.25) is 5.91 Å². The number of esters is 2. The highest BCUT2D eigenvalue weighted by Crippen LogP contribution is 2.13. The van der Waals surface area contributed by atoms with E-state index in [0.29, 0.717) is 12.2 Å². The minimum Gasteiger partial charge on any atom is -0.482 e. The molecule has 10 nitrogen and oxygen atoms in total. The molecule has 3 aromatic rings. The molecule has 3 aromatic carbocycles. The van der Waals surface area contributed by atoms with Gasteiger partial charge in [0.1, 0.15) is 30.6 Å². The van der Waals surface area contributed by atoms with Crippen molar-refractivity contribution < 1.29 is 38.1 Å². The molecule has 43 heavy (non-hydrogen) atoms. The van der Waals surface area contributed by atoms with Crippen molar-refractivity contribution in [1.29, 1.82) is 0 Å². The van der Waals surface area contributed by atoms with Crippen LogP contribution in [0, 0.1) is 0 Å². The molecule has 2 N–H and O–H groups in total. The topological polar surface area (TPSA) is 129 Å². The number of hydrogen-bond acceptors (Lipinski definition) is 8. The lowest BCUT2D eigenvalue weighted by molar-refractivity contribution is -0.147. The van der Waals surface area contributed by atoms with Gasteiger partial charge in [-0.25, -0.2) is 9.59 Å². The van der Waals surface area contributed by atoms with Crippen molar-refractivity contribution in [2.75, 3.05) is 13.2 Å². The maximum absolute atomic E-state index is 12.9. The van der Waals surface area contributed by atoms with Gasteiger partial charge in [-0.2, -0.15) is 0 Å². The summed E-state index contributed by atoms with van der Waals surface area (Å²) in [6.07, 6.45) is -0.705. The number of alkyl carbamates (subject to hydrolysis) is 1. The number of benzene rings is 3. The van der Waals surface area contributed by atoms with Crippen molar-refractivity contribution in [2.45, 2.75) is 58.5 Å². The highest BCUT2D eigenvalue weighted by Gasteiger charge is 2.27. The predicted octanol–water partition coefficient (Wildman–Crippen LogP) is 4.49. The second-order valence-corrected chi connectivity index (χ2v) is 10.7. The van der Waals surface area contributed by atoms with Gasteiger partial charge >= 0.3 is 18.0 Å². The Labute approximate surface area is 251 Å². The first-order chi connectivity index (χ1) is 20.6. The van der Waals surface area contributed by atoms with E-state index in [4.69, 9.17) is 18.9 Å². The van der Waals surface area contributed by atoms with Crippen molar-refractivity contribution in [3.8, 4) is 5.75 Å². The van der Waals surface area contributed by atoms with Crippen molar-refractivity contribution in [3.63, 3.8) is 0 Å². The van der Waals surface area contributed by atoms with E-state index >= 15 is 0 Å². The van der Waals surface area contributed by atoms with Crippen molar-refractivity contribution in [2.24, 2.45) is 0 Å². The van der Waals surface area contributed by atoms with Crippen LogP contribution in [0.15, 0.2) is 84.9 Å². The first-order valence-corrected chi connectivity index (χ1v) is 14.0. The monoisotopic (exact) mass is 590 g/mol. The van der Waals surface area contributed by atoms with Crippen LogP contribution in [-0.4, -0.2) is 48.7 Å². The van der Waals surface area contributed by atoms with Crippen LogP contribution in [0.4, 0.5) is 4.79 Å². The van der Waals surface area contributed by atoms with Gasteiger partial charge in [-0.05, 0) is 56.0 Å². The van der Waals surface area contributed by atoms with Crippen LogP contribution < -0.4 is 15.4 Å². The van der Waals surface area contributed by atoms with Crippen LogP contribution in [0.2, 0.25) is 0 Å². The highest BCUT2D eigenvalue weighted by molar-refractivity contribution is 5.89. The van der Waals surface area contributed by atoms with Crippen LogP contribution in [0.1, 0.15) is 43.9 Å². The Morgan fingerprint density at radius 3 is 1.84 bits per heavy atom. The molecule has 228 valence electrons. The molecule has 3 rings (SSSR count). The Morgan fingerprint density at radius 1 is 0.721 bits per heavy atom. The smallest absolute Gasteiger partial charge is 0.408 e. The molecule has 2 amide bonds. The van der Waals surface area contributed by atoms with E-state index in [9.17, 15) is 19.2 Å². The molecule has 0 fully saturated rings. The van der Waals surface area contributed by atoms with Crippen molar-refractivity contribution in [1.82, 2.24) is 10.6 Å². The molecule has 0 saturated carbocycles. The van der Waals surface area contributed by atoms with Gasteiger partial charge in [0, 0.05) is 6.54 Å². The summed E-state index contributed by atoms with van der Waals surface area (Å²) in [5, 5.41) is 5.22. The van der Waals surface area contributed by atoms with E-state index in [0.717, 1.165) is 16.7 Å². The van der Waals surface area contributed by atoms with Gasteiger partial charge in [-0.1, -0.05) is 72.8 Å². The number of nitrogens with one attached hydrogen (secondary N) is 2. The maximum Gasteiger partial charge on any atom is 0.408 e. The van der Waals surface area contributed by atoms with Crippen LogP contribution in [-0.2, 0) is 48.2 Å². The van der Waals surface area contributed by atoms with Gasteiger partial charge in [0.25, 0.3) is 0 Å². The highest BCUT2D eigenvalue weighted by atomic mass is 16.6.